The van der Waals surface area contributed by atoms with E-state index in [-0.39, 0.29) is 5.91 Å². The second kappa shape index (κ2) is 1.50. The molecule has 0 spiro atoms. The maximum atomic E-state index is 10.3. The fraction of sp³-hybridized carbons (Fsp3) is 0.500. The lowest BCUT2D eigenvalue weighted by Crippen LogP contribution is -2.13. The minimum absolute atomic E-state index is 0.0417. The monoisotopic (exact) mass is 100 g/mol. The number of hydroxylamine groups is 2. The van der Waals surface area contributed by atoms with Crippen molar-refractivity contribution in [2.75, 3.05) is 6.61 Å². The third kappa shape index (κ3) is 0.718. The average molecular weight is 100 g/mol. The number of nitrogens with zero attached hydrogens (tertiary/aromatic N) is 1. The van der Waals surface area contributed by atoms with Gasteiger partial charge in [-0.1, -0.05) is 0 Å². The van der Waals surface area contributed by atoms with Gasteiger partial charge in [-0.15, -0.1) is 0 Å². The number of amides is 1. The molecule has 1 fully saturated rings. The Morgan fingerprint density at radius 2 is 2.57 bits per heavy atom. The smallest absolute Gasteiger partial charge is 0.248 e. The summed E-state index contributed by atoms with van der Waals surface area (Å²) in [6.07, 6.45) is 0.476. The average Bonchev–Trinajstić information content (AvgIpc) is 1.91. The summed E-state index contributed by atoms with van der Waals surface area (Å²) in [7, 11) is 3.28. The summed E-state index contributed by atoms with van der Waals surface area (Å²) in [5, 5.41) is 1.01. The van der Waals surface area contributed by atoms with Crippen LogP contribution in [0.4, 0.5) is 0 Å². The van der Waals surface area contributed by atoms with Crippen LogP contribution in [-0.2, 0) is 9.63 Å². The highest BCUT2D eigenvalue weighted by atomic mass is 16.7. The molecule has 1 radical (unpaired) electrons. The minimum atomic E-state index is -0.0417. The van der Waals surface area contributed by atoms with Crippen molar-refractivity contribution in [3.63, 3.8) is 0 Å². The molecule has 0 unspecified atom stereocenters. The normalized spacial score (nSPS) is 21.3. The van der Waals surface area contributed by atoms with E-state index in [9.17, 15) is 4.79 Å². The fourth-order valence-electron chi connectivity index (χ4n) is 0.440. The summed E-state index contributed by atoms with van der Waals surface area (Å²) < 4.78 is 0. The Bertz CT molecular complexity index is 91.7. The summed E-state index contributed by atoms with van der Waals surface area (Å²) in [5.41, 5.74) is 0. The number of hydrogen-bond donors (Lipinski definition) is 0. The van der Waals surface area contributed by atoms with Crippen LogP contribution in [0.5, 0.6) is 0 Å². The SMILES string of the molecule is [CH2]N1OCCC1=O. The Labute approximate surface area is 41.8 Å². The van der Waals surface area contributed by atoms with Gasteiger partial charge in [-0.3, -0.25) is 9.63 Å². The first-order valence-corrected chi connectivity index (χ1v) is 2.07. The van der Waals surface area contributed by atoms with Crippen LogP contribution in [0.25, 0.3) is 0 Å². The van der Waals surface area contributed by atoms with Crippen molar-refractivity contribution in [1.82, 2.24) is 5.06 Å². The van der Waals surface area contributed by atoms with E-state index in [4.69, 9.17) is 0 Å². The van der Waals surface area contributed by atoms with Crippen molar-refractivity contribution >= 4 is 5.91 Å². The molecule has 1 rings (SSSR count). The molecule has 0 atom stereocenters. The van der Waals surface area contributed by atoms with Gasteiger partial charge in [0, 0.05) is 0 Å². The first-order valence-electron chi connectivity index (χ1n) is 2.07. The highest BCUT2D eigenvalue weighted by Crippen LogP contribution is 2.02. The molecule has 1 aliphatic rings. The molecule has 1 aliphatic heterocycles. The quantitative estimate of drug-likeness (QED) is 0.427. The Hall–Kier alpha value is -0.570. The van der Waals surface area contributed by atoms with Crippen LogP contribution in [0.1, 0.15) is 6.42 Å². The fourth-order valence-corrected chi connectivity index (χ4v) is 0.440. The molecule has 0 N–H and O–H groups in total. The second-order valence-corrected chi connectivity index (χ2v) is 1.36. The van der Waals surface area contributed by atoms with Gasteiger partial charge in [0.25, 0.3) is 0 Å². The molecule has 0 bridgehead atoms. The topological polar surface area (TPSA) is 29.5 Å². The molecule has 0 aliphatic carbocycles. The Balaban J connectivity index is 2.48. The van der Waals surface area contributed by atoms with Crippen LogP contribution in [0.2, 0.25) is 0 Å². The maximum Gasteiger partial charge on any atom is 0.248 e. The molecule has 0 aromatic carbocycles. The van der Waals surface area contributed by atoms with Gasteiger partial charge >= 0.3 is 0 Å². The van der Waals surface area contributed by atoms with Crippen molar-refractivity contribution in [3.05, 3.63) is 7.05 Å². The van der Waals surface area contributed by atoms with Gasteiger partial charge in [0.2, 0.25) is 5.91 Å². The predicted molar refractivity (Wildman–Crippen MR) is 22.8 cm³/mol. The number of hydrogen-bond acceptors (Lipinski definition) is 2. The summed E-state index contributed by atoms with van der Waals surface area (Å²) in [4.78, 5) is 15.0. The molecule has 1 heterocycles. The molecular formula is C4H6NO2. The summed E-state index contributed by atoms with van der Waals surface area (Å²) in [6, 6.07) is 0. The first kappa shape index (κ1) is 4.59. The molecule has 3 heteroatoms. The van der Waals surface area contributed by atoms with Crippen molar-refractivity contribution in [2.45, 2.75) is 6.42 Å². The number of rotatable bonds is 0. The van der Waals surface area contributed by atoms with E-state index in [0.717, 1.165) is 5.06 Å². The summed E-state index contributed by atoms with van der Waals surface area (Å²) >= 11 is 0. The van der Waals surface area contributed by atoms with Gasteiger partial charge in [-0.25, -0.2) is 5.06 Å². The molecular weight excluding hydrogens is 94.0 g/mol. The molecule has 7 heavy (non-hydrogen) atoms. The third-order valence-electron chi connectivity index (χ3n) is 0.841. The van der Waals surface area contributed by atoms with Crippen molar-refractivity contribution < 1.29 is 9.63 Å². The van der Waals surface area contributed by atoms with Gasteiger partial charge in [0.1, 0.15) is 0 Å². The van der Waals surface area contributed by atoms with E-state index in [1.807, 2.05) is 0 Å². The zero-order chi connectivity index (χ0) is 5.28. The van der Waals surface area contributed by atoms with Crippen LogP contribution < -0.4 is 0 Å². The molecule has 0 aromatic rings. The summed E-state index contributed by atoms with van der Waals surface area (Å²) in [6.45, 7) is 0.488. The Morgan fingerprint density at radius 3 is 2.71 bits per heavy atom. The van der Waals surface area contributed by atoms with Gasteiger partial charge in [0.05, 0.1) is 20.1 Å². The lowest BCUT2D eigenvalue weighted by Gasteiger charge is -2.01. The molecule has 3 nitrogen and oxygen atoms in total. The minimum Gasteiger partial charge on any atom is -0.272 e. The lowest BCUT2D eigenvalue weighted by atomic mass is 10.5. The van der Waals surface area contributed by atoms with Crippen LogP contribution in [0.15, 0.2) is 0 Å². The molecule has 1 amide bonds. The van der Waals surface area contributed by atoms with Gasteiger partial charge < -0.3 is 0 Å². The van der Waals surface area contributed by atoms with Crippen LogP contribution >= 0.6 is 0 Å². The molecule has 0 saturated carbocycles. The number of carbonyl (C=O) groups is 1. The van der Waals surface area contributed by atoms with Gasteiger partial charge in [-0.2, -0.15) is 0 Å². The maximum absolute atomic E-state index is 10.3. The summed E-state index contributed by atoms with van der Waals surface area (Å²) in [5.74, 6) is -0.0417. The molecule has 0 aromatic heterocycles. The van der Waals surface area contributed by atoms with Crippen molar-refractivity contribution in [3.8, 4) is 0 Å². The van der Waals surface area contributed by atoms with E-state index >= 15 is 0 Å². The van der Waals surface area contributed by atoms with Crippen molar-refractivity contribution in [1.29, 1.82) is 0 Å². The highest BCUT2D eigenvalue weighted by molar-refractivity contribution is 5.76. The first-order chi connectivity index (χ1) is 3.30. The van der Waals surface area contributed by atoms with Crippen LogP contribution in [0, 0.1) is 7.05 Å². The third-order valence-corrected chi connectivity index (χ3v) is 0.841. The van der Waals surface area contributed by atoms with Crippen LogP contribution in [0.3, 0.4) is 0 Å². The van der Waals surface area contributed by atoms with Crippen LogP contribution in [-0.4, -0.2) is 17.6 Å². The number of carbonyl (C=O) groups excluding carboxylic acids is 1. The van der Waals surface area contributed by atoms with Gasteiger partial charge in [-0.05, 0) is 0 Å². The predicted octanol–water partition coefficient (Wildman–Crippen LogP) is -0.0581. The van der Waals surface area contributed by atoms with E-state index in [1.54, 1.807) is 0 Å². The van der Waals surface area contributed by atoms with E-state index in [0.29, 0.717) is 13.0 Å². The zero-order valence-electron chi connectivity index (χ0n) is 3.89. The largest absolute Gasteiger partial charge is 0.272 e. The highest BCUT2D eigenvalue weighted by Gasteiger charge is 2.15. The molecule has 1 saturated heterocycles. The Morgan fingerprint density at radius 1 is 1.86 bits per heavy atom. The second-order valence-electron chi connectivity index (χ2n) is 1.36. The lowest BCUT2D eigenvalue weighted by molar-refractivity contribution is -0.149. The van der Waals surface area contributed by atoms with Crippen molar-refractivity contribution in [2.24, 2.45) is 0 Å². The standard InChI is InChI=1S/C4H6NO2/c1-5-4(6)2-3-7-5/h1-3H2. The van der Waals surface area contributed by atoms with Gasteiger partial charge in [0.15, 0.2) is 0 Å². The van der Waals surface area contributed by atoms with E-state index in [1.165, 1.54) is 0 Å². The van der Waals surface area contributed by atoms with E-state index in [2.05, 4.69) is 11.9 Å². The molecule has 39 valence electrons. The Kier molecular flexibility index (Phi) is 0.982. The zero-order valence-corrected chi connectivity index (χ0v) is 3.89. The van der Waals surface area contributed by atoms with E-state index < -0.39 is 0 Å².